The van der Waals surface area contributed by atoms with Gasteiger partial charge in [0.15, 0.2) is 0 Å². The Morgan fingerprint density at radius 1 is 1.00 bits per heavy atom. The predicted molar refractivity (Wildman–Crippen MR) is 75.9 cm³/mol. The minimum absolute atomic E-state index is 0.0538. The molecule has 0 aliphatic carbocycles. The third kappa shape index (κ3) is 2.59. The zero-order chi connectivity index (χ0) is 13.9. The molecule has 1 aromatic heterocycles. The topological polar surface area (TPSA) is 36.1 Å². The number of nitrogens with one attached hydrogen (secondary N) is 1. The number of aromatic nitrogens is 1. The van der Waals surface area contributed by atoms with Crippen LogP contribution >= 0.6 is 0 Å². The Kier molecular flexibility index (Phi) is 3.54. The van der Waals surface area contributed by atoms with Gasteiger partial charge in [-0.25, -0.2) is 4.39 Å². The summed E-state index contributed by atoms with van der Waals surface area (Å²) in [5, 5.41) is 0. The minimum atomic E-state index is -0.259. The summed E-state index contributed by atoms with van der Waals surface area (Å²) >= 11 is 0. The highest BCUT2D eigenvalue weighted by Gasteiger charge is 2.19. The number of carbonyl (C=O) groups is 1. The van der Waals surface area contributed by atoms with E-state index in [-0.39, 0.29) is 11.7 Å². The Bertz CT molecular complexity index is 597. The second-order valence-electron chi connectivity index (χ2n) is 5.15. The zero-order valence-electron chi connectivity index (χ0n) is 11.2. The van der Waals surface area contributed by atoms with Crippen LogP contribution in [0.1, 0.15) is 29.8 Å². The van der Waals surface area contributed by atoms with Gasteiger partial charge in [0.2, 0.25) is 0 Å². The standard InChI is InChI=1S/C16H17FN2O/c17-13-6-4-12(5-7-13)14-8-9-15(18-14)16(20)19-10-2-1-3-11-19/h4-9,18H,1-3,10-11H2. The molecule has 1 fully saturated rings. The van der Waals surface area contributed by atoms with Crippen molar-refractivity contribution in [1.29, 1.82) is 0 Å². The van der Waals surface area contributed by atoms with Crippen molar-refractivity contribution in [2.45, 2.75) is 19.3 Å². The van der Waals surface area contributed by atoms with E-state index in [9.17, 15) is 9.18 Å². The van der Waals surface area contributed by atoms with Gasteiger partial charge in [0, 0.05) is 18.8 Å². The van der Waals surface area contributed by atoms with Crippen LogP contribution in [0.15, 0.2) is 36.4 Å². The van der Waals surface area contributed by atoms with Crippen molar-refractivity contribution in [1.82, 2.24) is 9.88 Å². The molecule has 0 atom stereocenters. The van der Waals surface area contributed by atoms with Crippen molar-refractivity contribution in [3.8, 4) is 11.3 Å². The second kappa shape index (κ2) is 5.49. The molecule has 1 aliphatic heterocycles. The molecule has 0 bridgehead atoms. The molecule has 0 spiro atoms. The van der Waals surface area contributed by atoms with Crippen LogP contribution in [0.25, 0.3) is 11.3 Å². The first-order chi connectivity index (χ1) is 9.74. The zero-order valence-corrected chi connectivity index (χ0v) is 11.2. The maximum Gasteiger partial charge on any atom is 0.270 e. The highest BCUT2D eigenvalue weighted by Crippen LogP contribution is 2.20. The Morgan fingerprint density at radius 3 is 2.40 bits per heavy atom. The van der Waals surface area contributed by atoms with Gasteiger partial charge in [-0.05, 0) is 61.2 Å². The number of likely N-dealkylation sites (tertiary alicyclic amines) is 1. The van der Waals surface area contributed by atoms with Crippen LogP contribution in [0.3, 0.4) is 0 Å². The smallest absolute Gasteiger partial charge is 0.270 e. The minimum Gasteiger partial charge on any atom is -0.351 e. The quantitative estimate of drug-likeness (QED) is 0.893. The van der Waals surface area contributed by atoms with Crippen LogP contribution in [0.4, 0.5) is 4.39 Å². The van der Waals surface area contributed by atoms with E-state index in [1.54, 1.807) is 18.2 Å². The molecule has 0 unspecified atom stereocenters. The van der Waals surface area contributed by atoms with Crippen LogP contribution in [-0.4, -0.2) is 28.9 Å². The van der Waals surface area contributed by atoms with Gasteiger partial charge in [-0.3, -0.25) is 4.79 Å². The van der Waals surface area contributed by atoms with Gasteiger partial charge in [0.05, 0.1) is 0 Å². The highest BCUT2D eigenvalue weighted by atomic mass is 19.1. The maximum absolute atomic E-state index is 12.9. The van der Waals surface area contributed by atoms with Crippen LogP contribution < -0.4 is 0 Å². The van der Waals surface area contributed by atoms with E-state index in [4.69, 9.17) is 0 Å². The molecule has 1 aromatic carbocycles. The van der Waals surface area contributed by atoms with Gasteiger partial charge in [-0.2, -0.15) is 0 Å². The van der Waals surface area contributed by atoms with Crippen molar-refractivity contribution in [3.63, 3.8) is 0 Å². The summed E-state index contributed by atoms with van der Waals surface area (Å²) in [6.07, 6.45) is 3.36. The lowest BCUT2D eigenvalue weighted by Gasteiger charge is -2.26. The first kappa shape index (κ1) is 12.9. The molecule has 1 N–H and O–H groups in total. The van der Waals surface area contributed by atoms with E-state index < -0.39 is 0 Å². The van der Waals surface area contributed by atoms with Gasteiger partial charge in [0.25, 0.3) is 5.91 Å². The van der Waals surface area contributed by atoms with Crippen LogP contribution in [0.5, 0.6) is 0 Å². The van der Waals surface area contributed by atoms with Gasteiger partial charge >= 0.3 is 0 Å². The molecule has 0 radical (unpaired) electrons. The SMILES string of the molecule is O=C(c1ccc(-c2ccc(F)cc2)[nH]1)N1CCCCC1. The number of amides is 1. The third-order valence-corrected chi connectivity index (χ3v) is 3.71. The van der Waals surface area contributed by atoms with Crippen LogP contribution in [-0.2, 0) is 0 Å². The first-order valence-corrected chi connectivity index (χ1v) is 6.98. The molecule has 4 heteroatoms. The van der Waals surface area contributed by atoms with Gasteiger partial charge in [-0.1, -0.05) is 0 Å². The molecule has 0 saturated carbocycles. The number of piperidine rings is 1. The summed E-state index contributed by atoms with van der Waals surface area (Å²) in [4.78, 5) is 17.4. The number of hydrogen-bond donors (Lipinski definition) is 1. The molecule has 20 heavy (non-hydrogen) atoms. The summed E-state index contributed by atoms with van der Waals surface area (Å²) in [6.45, 7) is 1.67. The number of hydrogen-bond acceptors (Lipinski definition) is 1. The Morgan fingerprint density at radius 2 is 1.70 bits per heavy atom. The maximum atomic E-state index is 12.9. The third-order valence-electron chi connectivity index (χ3n) is 3.71. The summed E-state index contributed by atoms with van der Waals surface area (Å²) < 4.78 is 12.9. The van der Waals surface area contributed by atoms with Crippen molar-refractivity contribution >= 4 is 5.91 Å². The number of H-pyrrole nitrogens is 1. The number of benzene rings is 1. The molecule has 2 aromatic rings. The predicted octanol–water partition coefficient (Wildman–Crippen LogP) is 3.45. The van der Waals surface area contributed by atoms with E-state index in [1.807, 2.05) is 11.0 Å². The lowest BCUT2D eigenvalue weighted by molar-refractivity contribution is 0.0719. The highest BCUT2D eigenvalue weighted by molar-refractivity contribution is 5.93. The number of rotatable bonds is 2. The Labute approximate surface area is 117 Å². The molecular weight excluding hydrogens is 255 g/mol. The average Bonchev–Trinajstić information content (AvgIpc) is 2.98. The summed E-state index contributed by atoms with van der Waals surface area (Å²) in [5.74, 6) is -0.206. The first-order valence-electron chi connectivity index (χ1n) is 6.98. The fraction of sp³-hybridized carbons (Fsp3) is 0.312. The molecule has 3 nitrogen and oxygen atoms in total. The van der Waals surface area contributed by atoms with Gasteiger partial charge in [0.1, 0.15) is 11.5 Å². The van der Waals surface area contributed by atoms with E-state index in [2.05, 4.69) is 4.98 Å². The lowest BCUT2D eigenvalue weighted by atomic mass is 10.1. The average molecular weight is 272 g/mol. The monoisotopic (exact) mass is 272 g/mol. The van der Waals surface area contributed by atoms with Crippen LogP contribution in [0, 0.1) is 5.82 Å². The van der Waals surface area contributed by atoms with Crippen molar-refractivity contribution < 1.29 is 9.18 Å². The number of carbonyl (C=O) groups excluding carboxylic acids is 1. The van der Waals surface area contributed by atoms with E-state index >= 15 is 0 Å². The van der Waals surface area contributed by atoms with E-state index in [0.717, 1.165) is 37.2 Å². The number of nitrogens with zero attached hydrogens (tertiary/aromatic N) is 1. The van der Waals surface area contributed by atoms with E-state index in [0.29, 0.717) is 5.69 Å². The normalized spacial score (nSPS) is 15.3. The Balaban J connectivity index is 1.79. The second-order valence-corrected chi connectivity index (χ2v) is 5.15. The molecule has 1 aliphatic rings. The largest absolute Gasteiger partial charge is 0.351 e. The van der Waals surface area contributed by atoms with Gasteiger partial charge < -0.3 is 9.88 Å². The molecule has 1 amide bonds. The van der Waals surface area contributed by atoms with Crippen molar-refractivity contribution in [2.75, 3.05) is 13.1 Å². The van der Waals surface area contributed by atoms with Crippen LogP contribution in [0.2, 0.25) is 0 Å². The molecule has 2 heterocycles. The van der Waals surface area contributed by atoms with Gasteiger partial charge in [-0.15, -0.1) is 0 Å². The summed E-state index contributed by atoms with van der Waals surface area (Å²) in [6, 6.07) is 9.91. The Hall–Kier alpha value is -2.10. The summed E-state index contributed by atoms with van der Waals surface area (Å²) in [5.41, 5.74) is 2.32. The fourth-order valence-electron chi connectivity index (χ4n) is 2.59. The van der Waals surface area contributed by atoms with Crippen molar-refractivity contribution in [3.05, 3.63) is 47.9 Å². The van der Waals surface area contributed by atoms with E-state index in [1.165, 1.54) is 18.6 Å². The fourth-order valence-corrected chi connectivity index (χ4v) is 2.59. The summed E-state index contributed by atoms with van der Waals surface area (Å²) in [7, 11) is 0. The number of halogens is 1. The van der Waals surface area contributed by atoms with Crippen molar-refractivity contribution in [2.24, 2.45) is 0 Å². The lowest BCUT2D eigenvalue weighted by Crippen LogP contribution is -2.35. The number of aromatic amines is 1. The molecule has 104 valence electrons. The molecule has 3 rings (SSSR count). The molecule has 1 saturated heterocycles. The molecular formula is C16H17FN2O.